The summed E-state index contributed by atoms with van der Waals surface area (Å²) in [4.78, 5) is 24.6. The Balaban J connectivity index is 2.32. The van der Waals surface area contributed by atoms with E-state index < -0.39 is 12.0 Å². The number of rotatable bonds is 3. The van der Waals surface area contributed by atoms with Crippen LogP contribution in [-0.4, -0.2) is 18.6 Å². The second kappa shape index (κ2) is 6.28. The molecule has 6 heteroatoms. The molecule has 0 aliphatic heterocycles. The number of thiophene rings is 1. The third kappa shape index (κ3) is 3.43. The first kappa shape index (κ1) is 16.8. The van der Waals surface area contributed by atoms with E-state index in [-0.39, 0.29) is 12.0 Å². The Morgan fingerprint density at radius 1 is 1.41 bits per heavy atom. The van der Waals surface area contributed by atoms with E-state index in [1.54, 1.807) is 6.92 Å². The highest BCUT2D eigenvalue weighted by Gasteiger charge is 2.33. The molecule has 0 saturated heterocycles. The molecule has 0 fully saturated rings. The van der Waals surface area contributed by atoms with E-state index >= 15 is 0 Å². The van der Waals surface area contributed by atoms with Gasteiger partial charge in [0.1, 0.15) is 5.00 Å². The number of anilines is 1. The van der Waals surface area contributed by atoms with E-state index in [9.17, 15) is 9.59 Å². The molecule has 122 valence electrons. The molecule has 2 rings (SSSR count). The van der Waals surface area contributed by atoms with E-state index in [2.05, 4.69) is 26.1 Å². The van der Waals surface area contributed by atoms with E-state index in [1.807, 2.05) is 0 Å². The maximum absolute atomic E-state index is 11.8. The van der Waals surface area contributed by atoms with Crippen molar-refractivity contribution in [2.24, 2.45) is 17.1 Å². The molecule has 1 aliphatic carbocycles. The highest BCUT2D eigenvalue weighted by atomic mass is 32.1. The fourth-order valence-corrected chi connectivity index (χ4v) is 4.25. The average molecular weight is 324 g/mol. The van der Waals surface area contributed by atoms with Crippen LogP contribution in [0.5, 0.6) is 0 Å². The third-order valence-electron chi connectivity index (χ3n) is 4.23. The normalized spacial score (nSPS) is 17.7. The van der Waals surface area contributed by atoms with Gasteiger partial charge in [-0.15, -0.1) is 11.3 Å². The third-order valence-corrected chi connectivity index (χ3v) is 5.40. The van der Waals surface area contributed by atoms with Gasteiger partial charge in [0.15, 0.2) is 0 Å². The largest absolute Gasteiger partial charge is 0.450 e. The van der Waals surface area contributed by atoms with Crippen molar-refractivity contribution in [2.45, 2.75) is 47.0 Å². The number of ether oxygens (including phenoxy) is 1. The van der Waals surface area contributed by atoms with E-state index in [4.69, 9.17) is 10.5 Å². The van der Waals surface area contributed by atoms with Crippen molar-refractivity contribution in [1.82, 2.24) is 0 Å². The van der Waals surface area contributed by atoms with Crippen LogP contribution in [0.1, 0.15) is 54.9 Å². The summed E-state index contributed by atoms with van der Waals surface area (Å²) in [6.45, 7) is 8.74. The number of nitrogens with two attached hydrogens (primary N) is 1. The Morgan fingerprint density at radius 2 is 2.09 bits per heavy atom. The van der Waals surface area contributed by atoms with Gasteiger partial charge in [0.2, 0.25) is 0 Å². The lowest BCUT2D eigenvalue weighted by Gasteiger charge is -2.33. The minimum absolute atomic E-state index is 0.225. The van der Waals surface area contributed by atoms with Crippen LogP contribution in [0.15, 0.2) is 0 Å². The minimum atomic E-state index is -0.545. The van der Waals surface area contributed by atoms with Crippen LogP contribution >= 0.6 is 11.3 Å². The number of primary amides is 1. The number of hydrogen-bond donors (Lipinski definition) is 2. The number of amides is 2. The Bertz CT molecular complexity index is 587. The maximum Gasteiger partial charge on any atom is 0.412 e. The summed E-state index contributed by atoms with van der Waals surface area (Å²) in [5, 5.41) is 3.18. The van der Waals surface area contributed by atoms with E-state index in [0.717, 1.165) is 29.7 Å². The zero-order valence-corrected chi connectivity index (χ0v) is 14.4. The molecular formula is C16H24N2O3S. The van der Waals surface area contributed by atoms with Crippen molar-refractivity contribution < 1.29 is 14.3 Å². The van der Waals surface area contributed by atoms with Gasteiger partial charge in [-0.05, 0) is 43.1 Å². The van der Waals surface area contributed by atoms with Crippen LogP contribution in [0.2, 0.25) is 0 Å². The van der Waals surface area contributed by atoms with Crippen molar-refractivity contribution in [3.8, 4) is 0 Å². The highest BCUT2D eigenvalue weighted by Crippen LogP contribution is 2.44. The Kier molecular flexibility index (Phi) is 4.80. The van der Waals surface area contributed by atoms with Crippen molar-refractivity contribution in [2.75, 3.05) is 11.9 Å². The Hall–Kier alpha value is -1.56. The lowest BCUT2D eigenvalue weighted by molar-refractivity contribution is 0.1000. The van der Waals surface area contributed by atoms with Gasteiger partial charge >= 0.3 is 6.09 Å². The summed E-state index contributed by atoms with van der Waals surface area (Å²) in [6, 6.07) is 0. The predicted octanol–water partition coefficient (Wildman–Crippen LogP) is 3.57. The number of hydrogen-bond acceptors (Lipinski definition) is 4. The van der Waals surface area contributed by atoms with Crippen LogP contribution < -0.4 is 11.1 Å². The van der Waals surface area contributed by atoms with Gasteiger partial charge in [-0.2, -0.15) is 0 Å². The minimum Gasteiger partial charge on any atom is -0.450 e. The number of nitrogens with one attached hydrogen (secondary N) is 1. The summed E-state index contributed by atoms with van der Waals surface area (Å²) in [7, 11) is 0. The van der Waals surface area contributed by atoms with Crippen LogP contribution in [0.4, 0.5) is 9.80 Å². The van der Waals surface area contributed by atoms with Crippen molar-refractivity contribution in [1.29, 1.82) is 0 Å². The highest BCUT2D eigenvalue weighted by molar-refractivity contribution is 7.17. The fourth-order valence-electron chi connectivity index (χ4n) is 2.93. The van der Waals surface area contributed by atoms with Crippen LogP contribution in [0.25, 0.3) is 0 Å². The molecule has 5 nitrogen and oxygen atoms in total. The van der Waals surface area contributed by atoms with Crippen molar-refractivity contribution >= 4 is 28.3 Å². The quantitative estimate of drug-likeness (QED) is 0.892. The number of carbonyl (C=O) groups excluding carboxylic acids is 2. The first-order chi connectivity index (χ1) is 10.2. The molecule has 1 aromatic heterocycles. The predicted molar refractivity (Wildman–Crippen MR) is 88.5 cm³/mol. The van der Waals surface area contributed by atoms with Gasteiger partial charge in [-0.1, -0.05) is 20.8 Å². The lowest BCUT2D eigenvalue weighted by atomic mass is 9.72. The molecular weight excluding hydrogens is 300 g/mol. The molecule has 22 heavy (non-hydrogen) atoms. The van der Waals surface area contributed by atoms with Gasteiger partial charge in [0.05, 0.1) is 12.2 Å². The monoisotopic (exact) mass is 324 g/mol. The molecule has 1 aromatic rings. The summed E-state index contributed by atoms with van der Waals surface area (Å²) in [6.07, 6.45) is 2.24. The second-order valence-electron chi connectivity index (χ2n) is 6.72. The molecule has 0 radical (unpaired) electrons. The summed E-state index contributed by atoms with van der Waals surface area (Å²) >= 11 is 1.45. The molecule has 3 N–H and O–H groups in total. The molecule has 0 unspecified atom stereocenters. The first-order valence-electron chi connectivity index (χ1n) is 7.62. The smallest absolute Gasteiger partial charge is 0.412 e. The number of carbonyl (C=O) groups is 2. The fraction of sp³-hybridized carbons (Fsp3) is 0.625. The molecule has 1 aliphatic rings. The molecule has 0 bridgehead atoms. The van der Waals surface area contributed by atoms with Crippen molar-refractivity contribution in [3.63, 3.8) is 0 Å². The topological polar surface area (TPSA) is 81.4 Å². The van der Waals surface area contributed by atoms with Gasteiger partial charge < -0.3 is 10.5 Å². The molecule has 1 atom stereocenters. The van der Waals surface area contributed by atoms with Crippen molar-refractivity contribution in [3.05, 3.63) is 16.0 Å². The van der Waals surface area contributed by atoms with Crippen LogP contribution in [-0.2, 0) is 17.6 Å². The average Bonchev–Trinajstić information content (AvgIpc) is 2.74. The SMILES string of the molecule is CCOC(=O)Nc1sc2c(c1C(N)=O)CC[C@H](C(C)(C)C)C2. The van der Waals surface area contributed by atoms with Crippen LogP contribution in [0, 0.1) is 11.3 Å². The standard InChI is InChI=1S/C16H24N2O3S/c1-5-21-15(20)18-14-12(13(17)19)10-7-6-9(16(2,3)4)8-11(10)22-14/h9H,5-8H2,1-4H3,(H2,17,19)(H,18,20)/t9-/m0/s1. The summed E-state index contributed by atoms with van der Waals surface area (Å²) in [5.74, 6) is 0.0772. The molecule has 0 aromatic carbocycles. The van der Waals surface area contributed by atoms with Gasteiger partial charge in [0, 0.05) is 4.88 Å². The van der Waals surface area contributed by atoms with E-state index in [1.165, 1.54) is 11.3 Å². The Morgan fingerprint density at radius 3 is 2.64 bits per heavy atom. The molecule has 0 saturated carbocycles. The zero-order chi connectivity index (χ0) is 16.5. The zero-order valence-electron chi connectivity index (χ0n) is 13.6. The molecule has 2 amide bonds. The Labute approximate surface area is 135 Å². The van der Waals surface area contributed by atoms with E-state index in [0.29, 0.717) is 16.5 Å². The number of fused-ring (bicyclic) bond motifs is 1. The molecule has 1 heterocycles. The van der Waals surface area contributed by atoms with Gasteiger partial charge in [-0.3, -0.25) is 10.1 Å². The summed E-state index contributed by atoms with van der Waals surface area (Å²) < 4.78 is 4.89. The second-order valence-corrected chi connectivity index (χ2v) is 7.83. The lowest BCUT2D eigenvalue weighted by Crippen LogP contribution is -2.27. The first-order valence-corrected chi connectivity index (χ1v) is 8.43. The molecule has 0 spiro atoms. The maximum atomic E-state index is 11.8. The van der Waals surface area contributed by atoms with Gasteiger partial charge in [-0.25, -0.2) is 4.79 Å². The van der Waals surface area contributed by atoms with Crippen LogP contribution in [0.3, 0.4) is 0 Å². The summed E-state index contributed by atoms with van der Waals surface area (Å²) in [5.41, 5.74) is 7.22. The van der Waals surface area contributed by atoms with Gasteiger partial charge in [0.25, 0.3) is 5.91 Å².